The summed E-state index contributed by atoms with van der Waals surface area (Å²) >= 11 is 1.28. The highest BCUT2D eigenvalue weighted by Crippen LogP contribution is 2.25. The van der Waals surface area contributed by atoms with Crippen LogP contribution in [0.3, 0.4) is 0 Å². The van der Waals surface area contributed by atoms with Gasteiger partial charge in [0, 0.05) is 10.9 Å². The van der Waals surface area contributed by atoms with Crippen LogP contribution in [0, 0.1) is 0 Å². The molecular formula is C16H18N4O3S. The van der Waals surface area contributed by atoms with Gasteiger partial charge < -0.3 is 16.8 Å². The lowest BCUT2D eigenvalue weighted by Gasteiger charge is -2.10. The number of hydrogen-bond acceptors (Lipinski definition) is 5. The van der Waals surface area contributed by atoms with Crippen molar-refractivity contribution in [2.75, 3.05) is 0 Å². The third kappa shape index (κ3) is 3.96. The summed E-state index contributed by atoms with van der Waals surface area (Å²) in [4.78, 5) is 38.5. The largest absolute Gasteiger partial charge is 0.367 e. The van der Waals surface area contributed by atoms with Gasteiger partial charge in [0.1, 0.15) is 10.7 Å². The molecule has 24 heavy (non-hydrogen) atoms. The van der Waals surface area contributed by atoms with Crippen LogP contribution in [0.25, 0.3) is 10.6 Å². The topological polar surface area (TPSA) is 128 Å². The van der Waals surface area contributed by atoms with E-state index in [-0.39, 0.29) is 5.69 Å². The molecule has 0 aliphatic rings. The normalized spacial score (nSPS) is 10.8. The van der Waals surface area contributed by atoms with Crippen molar-refractivity contribution in [3.05, 3.63) is 40.9 Å². The lowest BCUT2D eigenvalue weighted by Crippen LogP contribution is -2.52. The molecule has 0 radical (unpaired) electrons. The number of nitrogens with one attached hydrogen (secondary N) is 1. The molecule has 1 aromatic carbocycles. The number of carbonyl (C=O) groups is 3. The van der Waals surface area contributed by atoms with Crippen LogP contribution < -0.4 is 16.8 Å². The Morgan fingerprint density at radius 2 is 1.67 bits per heavy atom. The summed E-state index contributed by atoms with van der Waals surface area (Å²) in [6, 6.07) is 6.33. The van der Waals surface area contributed by atoms with E-state index in [1.807, 2.05) is 24.3 Å². The highest BCUT2D eigenvalue weighted by molar-refractivity contribution is 7.13. The summed E-state index contributed by atoms with van der Waals surface area (Å²) in [5.74, 6) is -2.29. The lowest BCUT2D eigenvalue weighted by molar-refractivity contribution is -0.128. The molecule has 2 rings (SSSR count). The van der Waals surface area contributed by atoms with E-state index in [2.05, 4.69) is 24.1 Å². The molecule has 7 nitrogen and oxygen atoms in total. The van der Waals surface area contributed by atoms with Crippen molar-refractivity contribution >= 4 is 29.1 Å². The van der Waals surface area contributed by atoms with E-state index < -0.39 is 23.8 Å². The van der Waals surface area contributed by atoms with Crippen molar-refractivity contribution in [3.63, 3.8) is 0 Å². The molecule has 0 fully saturated rings. The quantitative estimate of drug-likeness (QED) is 0.674. The van der Waals surface area contributed by atoms with Gasteiger partial charge in [-0.3, -0.25) is 14.4 Å². The van der Waals surface area contributed by atoms with Crippen molar-refractivity contribution in [2.24, 2.45) is 11.5 Å². The van der Waals surface area contributed by atoms with E-state index in [0.717, 1.165) is 5.56 Å². The SMILES string of the molecule is CC(C)c1ccc(-c2nc(C(=O)NC(C(N)=O)C(N)=O)cs2)cc1. The van der Waals surface area contributed by atoms with E-state index in [0.29, 0.717) is 10.9 Å². The zero-order valence-corrected chi connectivity index (χ0v) is 14.1. The standard InChI is InChI=1S/C16H18N4O3S/c1-8(2)9-3-5-10(6-4-9)16-19-11(7-24-16)15(23)20-12(13(17)21)14(18)22/h3-8,12H,1-2H3,(H2,17,21)(H2,18,22)(H,20,23). The lowest BCUT2D eigenvalue weighted by atomic mass is 10.0. The van der Waals surface area contributed by atoms with Gasteiger partial charge in [-0.1, -0.05) is 38.1 Å². The van der Waals surface area contributed by atoms with E-state index in [1.54, 1.807) is 5.38 Å². The van der Waals surface area contributed by atoms with E-state index >= 15 is 0 Å². The van der Waals surface area contributed by atoms with Gasteiger partial charge >= 0.3 is 0 Å². The molecule has 1 heterocycles. The molecule has 0 saturated heterocycles. The number of nitrogens with zero attached hydrogens (tertiary/aromatic N) is 1. The van der Waals surface area contributed by atoms with Gasteiger partial charge in [0.15, 0.2) is 6.04 Å². The van der Waals surface area contributed by atoms with Crippen LogP contribution in [0.5, 0.6) is 0 Å². The van der Waals surface area contributed by atoms with Gasteiger partial charge in [0.25, 0.3) is 5.91 Å². The second-order valence-corrected chi connectivity index (χ2v) is 6.38. The van der Waals surface area contributed by atoms with E-state index in [9.17, 15) is 14.4 Å². The molecule has 3 amide bonds. The zero-order valence-electron chi connectivity index (χ0n) is 13.3. The zero-order chi connectivity index (χ0) is 17.9. The Hall–Kier alpha value is -2.74. The Bertz CT molecular complexity index is 754. The van der Waals surface area contributed by atoms with Crippen molar-refractivity contribution in [1.29, 1.82) is 0 Å². The molecule has 0 atom stereocenters. The Kier molecular flexibility index (Phi) is 5.30. The smallest absolute Gasteiger partial charge is 0.271 e. The third-order valence-corrected chi connectivity index (χ3v) is 4.30. The van der Waals surface area contributed by atoms with Crippen LogP contribution in [0.15, 0.2) is 29.6 Å². The van der Waals surface area contributed by atoms with Gasteiger partial charge in [0.05, 0.1) is 0 Å². The van der Waals surface area contributed by atoms with Crippen LogP contribution in [-0.4, -0.2) is 28.7 Å². The Morgan fingerprint density at radius 3 is 2.17 bits per heavy atom. The summed E-state index contributed by atoms with van der Waals surface area (Å²) in [5, 5.41) is 4.38. The van der Waals surface area contributed by atoms with Gasteiger partial charge in [-0.05, 0) is 11.5 Å². The van der Waals surface area contributed by atoms with Crippen LogP contribution in [-0.2, 0) is 9.59 Å². The molecule has 0 bridgehead atoms. The number of rotatable bonds is 6. The molecule has 0 aliphatic carbocycles. The number of thiazole rings is 1. The summed E-state index contributed by atoms with van der Waals surface area (Å²) in [5.41, 5.74) is 12.2. The predicted octanol–water partition coefficient (Wildman–Crippen LogP) is 1.00. The second-order valence-electron chi connectivity index (χ2n) is 5.53. The number of carbonyl (C=O) groups excluding carboxylic acids is 3. The average Bonchev–Trinajstić information content (AvgIpc) is 3.01. The molecule has 126 valence electrons. The maximum absolute atomic E-state index is 12.1. The highest BCUT2D eigenvalue weighted by Gasteiger charge is 2.25. The van der Waals surface area contributed by atoms with Gasteiger partial charge in [-0.2, -0.15) is 0 Å². The summed E-state index contributed by atoms with van der Waals surface area (Å²) < 4.78 is 0. The predicted molar refractivity (Wildman–Crippen MR) is 91.3 cm³/mol. The molecule has 1 aromatic heterocycles. The number of amides is 3. The fraction of sp³-hybridized carbons (Fsp3) is 0.250. The van der Waals surface area contributed by atoms with Crippen LogP contribution >= 0.6 is 11.3 Å². The molecular weight excluding hydrogens is 328 g/mol. The van der Waals surface area contributed by atoms with E-state index in [4.69, 9.17) is 11.5 Å². The molecule has 0 aliphatic heterocycles. The van der Waals surface area contributed by atoms with Crippen LogP contribution in [0.2, 0.25) is 0 Å². The first-order valence-corrected chi connectivity index (χ1v) is 8.13. The summed E-state index contributed by atoms with van der Waals surface area (Å²) in [6.07, 6.45) is 0. The van der Waals surface area contributed by atoms with Crippen molar-refractivity contribution < 1.29 is 14.4 Å². The number of benzene rings is 1. The molecule has 2 aromatic rings. The monoisotopic (exact) mass is 346 g/mol. The minimum atomic E-state index is -1.56. The van der Waals surface area contributed by atoms with Crippen molar-refractivity contribution in [1.82, 2.24) is 10.3 Å². The maximum atomic E-state index is 12.1. The van der Waals surface area contributed by atoms with Crippen molar-refractivity contribution in [2.45, 2.75) is 25.8 Å². The minimum absolute atomic E-state index is 0.0930. The Balaban J connectivity index is 2.16. The number of nitrogens with two attached hydrogens (primary N) is 2. The van der Waals surface area contributed by atoms with Gasteiger partial charge in [-0.25, -0.2) is 4.98 Å². The minimum Gasteiger partial charge on any atom is -0.367 e. The molecule has 0 spiro atoms. The number of primary amides is 2. The summed E-state index contributed by atoms with van der Waals surface area (Å²) in [6.45, 7) is 4.21. The first-order chi connectivity index (χ1) is 11.3. The highest BCUT2D eigenvalue weighted by atomic mass is 32.1. The number of aromatic nitrogens is 1. The Labute approximate surface area is 143 Å². The first-order valence-electron chi connectivity index (χ1n) is 7.25. The average molecular weight is 346 g/mol. The Morgan fingerprint density at radius 1 is 1.08 bits per heavy atom. The molecule has 8 heteroatoms. The maximum Gasteiger partial charge on any atom is 0.271 e. The fourth-order valence-corrected chi connectivity index (χ4v) is 2.81. The molecule has 0 unspecified atom stereocenters. The third-order valence-electron chi connectivity index (χ3n) is 3.41. The van der Waals surface area contributed by atoms with Gasteiger partial charge in [0.2, 0.25) is 11.8 Å². The fourth-order valence-electron chi connectivity index (χ4n) is 2.01. The van der Waals surface area contributed by atoms with Crippen LogP contribution in [0.4, 0.5) is 0 Å². The van der Waals surface area contributed by atoms with Gasteiger partial charge in [-0.15, -0.1) is 11.3 Å². The van der Waals surface area contributed by atoms with Crippen molar-refractivity contribution in [3.8, 4) is 10.6 Å². The number of hydrogen-bond donors (Lipinski definition) is 3. The van der Waals surface area contributed by atoms with Crippen LogP contribution in [0.1, 0.15) is 35.8 Å². The summed E-state index contributed by atoms with van der Waals surface area (Å²) in [7, 11) is 0. The van der Waals surface area contributed by atoms with E-state index in [1.165, 1.54) is 16.9 Å². The molecule has 0 saturated carbocycles. The first kappa shape index (κ1) is 17.6. The second kappa shape index (κ2) is 7.22. The molecule has 5 N–H and O–H groups in total.